The van der Waals surface area contributed by atoms with Gasteiger partial charge >= 0.3 is 0 Å². The van der Waals surface area contributed by atoms with Crippen LogP contribution in [0, 0.1) is 13.8 Å². The second-order valence-electron chi connectivity index (χ2n) is 8.84. The quantitative estimate of drug-likeness (QED) is 0.194. The van der Waals surface area contributed by atoms with Gasteiger partial charge in [0.2, 0.25) is 6.20 Å². The number of rotatable bonds is 6. The lowest BCUT2D eigenvalue weighted by atomic mass is 9.97. The maximum Gasteiger partial charge on any atom is 0.285 e. The third kappa shape index (κ3) is 4.43. The van der Waals surface area contributed by atoms with Gasteiger partial charge in [-0.05, 0) is 53.8 Å². The van der Waals surface area contributed by atoms with Gasteiger partial charge in [0.05, 0.1) is 20.5 Å². The highest BCUT2D eigenvalue weighted by Gasteiger charge is 2.31. The van der Waals surface area contributed by atoms with Crippen LogP contribution in [0.5, 0.6) is 0 Å². The van der Waals surface area contributed by atoms with Gasteiger partial charge in [0.1, 0.15) is 0 Å². The van der Waals surface area contributed by atoms with E-state index >= 15 is 0 Å². The van der Waals surface area contributed by atoms with Gasteiger partial charge in [0.25, 0.3) is 17.1 Å². The van der Waals surface area contributed by atoms with Crippen molar-refractivity contribution in [3.05, 3.63) is 145 Å². The average Bonchev–Trinajstić information content (AvgIpc) is 2.90. The summed E-state index contributed by atoms with van der Waals surface area (Å²) in [6, 6.07) is 38.8. The van der Waals surface area contributed by atoms with E-state index in [1.165, 1.54) is 33.4 Å². The van der Waals surface area contributed by atoms with Gasteiger partial charge < -0.3 is 0 Å². The first-order chi connectivity index (χ1) is 17.2. The van der Waals surface area contributed by atoms with E-state index in [4.69, 9.17) is 0 Å². The van der Waals surface area contributed by atoms with Crippen LogP contribution in [0.4, 0.5) is 0 Å². The maximum absolute atomic E-state index is 4.01. The molecule has 5 rings (SSSR count). The molecule has 0 spiro atoms. The van der Waals surface area contributed by atoms with Gasteiger partial charge in [-0.2, -0.15) is 0 Å². The lowest BCUT2D eigenvalue weighted by Crippen LogP contribution is -2.69. The van der Waals surface area contributed by atoms with Crippen LogP contribution in [0.3, 0.4) is 0 Å². The minimum absolute atomic E-state index is 0.814. The van der Waals surface area contributed by atoms with E-state index in [2.05, 4.69) is 145 Å². The van der Waals surface area contributed by atoms with Crippen molar-refractivity contribution in [2.75, 3.05) is 0 Å². The first-order valence-electron chi connectivity index (χ1n) is 12.1. The van der Waals surface area contributed by atoms with Crippen molar-refractivity contribution in [2.45, 2.75) is 20.3 Å². The molecule has 0 aliphatic rings. The summed E-state index contributed by atoms with van der Waals surface area (Å²) in [7, 11) is 0. The van der Waals surface area contributed by atoms with Gasteiger partial charge in [-0.25, -0.2) is 0 Å². The van der Waals surface area contributed by atoms with Crippen molar-refractivity contribution in [1.82, 2.24) is 0 Å². The lowest BCUT2D eigenvalue weighted by molar-refractivity contribution is -1.29. The number of benzene rings is 3. The molecule has 0 unspecified atom stereocenters. The molecule has 0 aliphatic heterocycles. The van der Waals surface area contributed by atoms with Crippen molar-refractivity contribution in [1.29, 1.82) is 0 Å². The Kier molecular flexibility index (Phi) is 6.36. The molecule has 0 N–H and O–H groups in total. The normalized spacial score (nSPS) is 10.8. The van der Waals surface area contributed by atoms with Crippen LogP contribution in [-0.4, -0.2) is 0 Å². The summed E-state index contributed by atoms with van der Waals surface area (Å²) in [4.78, 5) is 0. The number of pyridine rings is 2. The first-order valence-corrected chi connectivity index (χ1v) is 12.1. The SMILES string of the molecule is C=CCc1ccccc1-c1cc(-c2ccccc2)cc(C)[n+]1-[n+]1ccccc1-c1ccccc1C. The molecule has 0 aliphatic carbocycles. The monoisotopic (exact) mass is 454 g/mol. The van der Waals surface area contributed by atoms with E-state index in [0.29, 0.717) is 0 Å². The zero-order chi connectivity index (χ0) is 24.2. The summed E-state index contributed by atoms with van der Waals surface area (Å²) in [5, 5.41) is 0. The van der Waals surface area contributed by atoms with Crippen molar-refractivity contribution < 1.29 is 9.35 Å². The molecule has 0 atom stereocenters. The highest BCUT2D eigenvalue weighted by molar-refractivity contribution is 5.71. The molecule has 3 aromatic carbocycles. The summed E-state index contributed by atoms with van der Waals surface area (Å²) in [5.41, 5.74) is 10.8. The Morgan fingerprint density at radius 1 is 0.657 bits per heavy atom. The molecule has 2 heterocycles. The fourth-order valence-electron chi connectivity index (χ4n) is 4.79. The number of aromatic nitrogens is 2. The topological polar surface area (TPSA) is 7.76 Å². The zero-order valence-corrected chi connectivity index (χ0v) is 20.4. The Morgan fingerprint density at radius 3 is 2.11 bits per heavy atom. The van der Waals surface area contributed by atoms with E-state index < -0.39 is 0 Å². The highest BCUT2D eigenvalue weighted by Crippen LogP contribution is 2.28. The second kappa shape index (κ2) is 9.90. The third-order valence-corrected chi connectivity index (χ3v) is 6.46. The van der Waals surface area contributed by atoms with Gasteiger partial charge in [-0.3, -0.25) is 0 Å². The summed E-state index contributed by atoms with van der Waals surface area (Å²) in [5.74, 6) is 0. The Labute approximate surface area is 208 Å². The van der Waals surface area contributed by atoms with E-state index in [1.807, 2.05) is 6.08 Å². The van der Waals surface area contributed by atoms with E-state index in [1.54, 1.807) is 0 Å². The van der Waals surface area contributed by atoms with Crippen molar-refractivity contribution in [2.24, 2.45) is 0 Å². The van der Waals surface area contributed by atoms with Gasteiger partial charge in [-0.1, -0.05) is 72.8 Å². The lowest BCUT2D eigenvalue weighted by Gasteiger charge is -2.10. The largest absolute Gasteiger partial charge is 0.285 e. The molecule has 2 aromatic heterocycles. The second-order valence-corrected chi connectivity index (χ2v) is 8.84. The number of hydrogen-bond donors (Lipinski definition) is 0. The standard InChI is InChI=1S/C33H30N2/c1-4-14-28-18-9-11-20-31(28)33-24-29(27-16-6-5-7-17-27)23-26(3)35(33)34-22-13-12-21-32(34)30-19-10-8-15-25(30)2/h4-13,15-24H,1,14H2,2-3H3/q+2. The van der Waals surface area contributed by atoms with Gasteiger partial charge in [0.15, 0.2) is 0 Å². The summed E-state index contributed by atoms with van der Waals surface area (Å²) < 4.78 is 4.60. The molecule has 0 radical (unpaired) electrons. The number of nitrogens with zero attached hydrogens (tertiary/aromatic N) is 2. The first kappa shape index (κ1) is 22.5. The van der Waals surface area contributed by atoms with Crippen LogP contribution < -0.4 is 9.35 Å². The summed E-state index contributed by atoms with van der Waals surface area (Å²) in [6.45, 7) is 8.36. The fourth-order valence-corrected chi connectivity index (χ4v) is 4.79. The average molecular weight is 455 g/mol. The maximum atomic E-state index is 4.01. The number of aryl methyl sites for hydroxylation is 2. The summed E-state index contributed by atoms with van der Waals surface area (Å²) >= 11 is 0. The highest BCUT2D eigenvalue weighted by atomic mass is 15.5. The molecule has 170 valence electrons. The molecule has 0 fully saturated rings. The smallest absolute Gasteiger partial charge is 0.103 e. The molecule has 35 heavy (non-hydrogen) atoms. The summed E-state index contributed by atoms with van der Waals surface area (Å²) in [6.07, 6.45) is 4.94. The van der Waals surface area contributed by atoms with E-state index in [-0.39, 0.29) is 0 Å². The Morgan fingerprint density at radius 2 is 1.34 bits per heavy atom. The van der Waals surface area contributed by atoms with Crippen LogP contribution in [0.25, 0.3) is 33.6 Å². The molecule has 0 saturated carbocycles. The van der Waals surface area contributed by atoms with E-state index in [0.717, 1.165) is 23.5 Å². The number of allylic oxidation sites excluding steroid dienone is 1. The third-order valence-electron chi connectivity index (χ3n) is 6.46. The van der Waals surface area contributed by atoms with Crippen LogP contribution >= 0.6 is 0 Å². The predicted octanol–water partition coefficient (Wildman–Crippen LogP) is 6.92. The fraction of sp³-hybridized carbons (Fsp3) is 0.0909. The van der Waals surface area contributed by atoms with Crippen LogP contribution in [-0.2, 0) is 6.42 Å². The Balaban J connectivity index is 1.84. The van der Waals surface area contributed by atoms with E-state index in [9.17, 15) is 0 Å². The molecule has 0 saturated heterocycles. The van der Waals surface area contributed by atoms with Crippen LogP contribution in [0.15, 0.2) is 128 Å². The molecule has 2 heteroatoms. The minimum Gasteiger partial charge on any atom is -0.103 e. The molecular formula is C33H30N2+2. The zero-order valence-electron chi connectivity index (χ0n) is 20.4. The minimum atomic E-state index is 0.814. The van der Waals surface area contributed by atoms with Crippen LogP contribution in [0.1, 0.15) is 16.8 Å². The molecule has 0 bridgehead atoms. The number of hydrogen-bond acceptors (Lipinski definition) is 0. The van der Waals surface area contributed by atoms with Crippen molar-refractivity contribution >= 4 is 0 Å². The van der Waals surface area contributed by atoms with Gasteiger partial charge in [-0.15, -0.1) is 6.58 Å². The van der Waals surface area contributed by atoms with Gasteiger partial charge in [0, 0.05) is 31.2 Å². The molecule has 0 amide bonds. The van der Waals surface area contributed by atoms with Crippen LogP contribution in [0.2, 0.25) is 0 Å². The molecule has 5 aromatic rings. The Hall–Kier alpha value is -4.30. The van der Waals surface area contributed by atoms with Crippen molar-refractivity contribution in [3.63, 3.8) is 0 Å². The predicted molar refractivity (Wildman–Crippen MR) is 144 cm³/mol. The van der Waals surface area contributed by atoms with Crippen molar-refractivity contribution in [3.8, 4) is 33.6 Å². The Bertz CT molecular complexity index is 1500. The molecular weight excluding hydrogens is 424 g/mol. The molecule has 2 nitrogen and oxygen atoms in total.